The van der Waals surface area contributed by atoms with Gasteiger partial charge in [0.25, 0.3) is 0 Å². The molecule has 0 saturated heterocycles. The monoisotopic (exact) mass is 405 g/mol. The van der Waals surface area contributed by atoms with Gasteiger partial charge in [-0.2, -0.15) is 0 Å². The van der Waals surface area contributed by atoms with Crippen LogP contribution in [-0.2, 0) is 11.2 Å². The minimum atomic E-state index is -0.323. The zero-order valence-electron chi connectivity index (χ0n) is 16.7. The molecule has 1 unspecified atom stereocenters. The largest absolute Gasteiger partial charge is 0.492 e. The SMILES string of the molecule is COC(=O)c1c(N[C@@H]2c3c(cc4c(c3OC)OCO4)CC[NH+]2C)sc(C)c1C. The number of benzene rings is 1. The van der Waals surface area contributed by atoms with Crippen molar-refractivity contribution in [2.75, 3.05) is 39.9 Å². The Kier molecular flexibility index (Phi) is 4.84. The van der Waals surface area contributed by atoms with Gasteiger partial charge in [-0.05, 0) is 31.0 Å². The zero-order chi connectivity index (χ0) is 20.0. The van der Waals surface area contributed by atoms with E-state index >= 15 is 0 Å². The lowest BCUT2D eigenvalue weighted by Crippen LogP contribution is -3.11. The van der Waals surface area contributed by atoms with E-state index in [0.717, 1.165) is 39.7 Å². The minimum absolute atomic E-state index is 0.0888. The van der Waals surface area contributed by atoms with Crippen molar-refractivity contribution in [3.63, 3.8) is 0 Å². The van der Waals surface area contributed by atoms with Crippen molar-refractivity contribution in [1.82, 2.24) is 0 Å². The normalized spacial score (nSPS) is 19.9. The summed E-state index contributed by atoms with van der Waals surface area (Å²) in [6.07, 6.45) is 0.827. The predicted molar refractivity (Wildman–Crippen MR) is 106 cm³/mol. The fraction of sp³-hybridized carbons (Fsp3) is 0.450. The Morgan fingerprint density at radius 1 is 1.32 bits per heavy atom. The maximum Gasteiger partial charge on any atom is 0.341 e. The summed E-state index contributed by atoms with van der Waals surface area (Å²) >= 11 is 1.57. The first-order valence-corrected chi connectivity index (χ1v) is 10.0. The lowest BCUT2D eigenvalue weighted by atomic mass is 9.95. The molecular weight excluding hydrogens is 380 g/mol. The van der Waals surface area contributed by atoms with E-state index in [-0.39, 0.29) is 18.9 Å². The Labute approximate surface area is 168 Å². The number of aryl methyl sites for hydroxylation is 1. The lowest BCUT2D eigenvalue weighted by molar-refractivity contribution is -0.910. The number of carbonyl (C=O) groups is 1. The molecule has 1 aromatic heterocycles. The molecule has 7 nitrogen and oxygen atoms in total. The van der Waals surface area contributed by atoms with Gasteiger partial charge in [0.1, 0.15) is 5.00 Å². The molecule has 0 saturated carbocycles. The van der Waals surface area contributed by atoms with E-state index in [4.69, 9.17) is 18.9 Å². The Morgan fingerprint density at radius 3 is 2.82 bits per heavy atom. The Hall–Kier alpha value is -2.45. The van der Waals surface area contributed by atoms with Crippen molar-refractivity contribution < 1.29 is 28.6 Å². The standard InChI is InChI=1S/C20H24N2O5S/c1-10-11(2)28-19(14(10)20(23)25-5)21-18-15-12(6-7-22(18)3)8-13-16(17(15)24-4)27-9-26-13/h8,18,21H,6-7,9H2,1-5H3/p+1/t18-/m0/s1. The highest BCUT2D eigenvalue weighted by molar-refractivity contribution is 7.16. The van der Waals surface area contributed by atoms with E-state index in [1.54, 1.807) is 18.4 Å². The molecule has 0 bridgehead atoms. The zero-order valence-corrected chi connectivity index (χ0v) is 17.5. The molecule has 1 aromatic carbocycles. The molecule has 2 N–H and O–H groups in total. The molecule has 8 heteroatoms. The second-order valence-electron chi connectivity index (χ2n) is 7.12. The molecule has 0 radical (unpaired) electrons. The van der Waals surface area contributed by atoms with Crippen molar-refractivity contribution >= 4 is 22.3 Å². The van der Waals surface area contributed by atoms with Crippen LogP contribution in [0, 0.1) is 13.8 Å². The van der Waals surface area contributed by atoms with Gasteiger partial charge in [0.15, 0.2) is 17.7 Å². The van der Waals surface area contributed by atoms with Crippen LogP contribution in [0.25, 0.3) is 0 Å². The fourth-order valence-electron chi connectivity index (χ4n) is 3.93. The number of carbonyl (C=O) groups excluding carboxylic acids is 1. The Balaban J connectivity index is 1.81. The average molecular weight is 405 g/mol. The van der Waals surface area contributed by atoms with Gasteiger partial charge < -0.3 is 29.2 Å². The summed E-state index contributed by atoms with van der Waals surface area (Å²) in [7, 11) is 5.20. The number of rotatable bonds is 4. The van der Waals surface area contributed by atoms with Gasteiger partial charge in [-0.1, -0.05) is 0 Å². The second kappa shape index (κ2) is 7.18. The molecule has 2 aliphatic heterocycles. The van der Waals surface area contributed by atoms with Gasteiger partial charge in [0.2, 0.25) is 12.5 Å². The number of likely N-dealkylation sites (N-methyl/N-ethyl adjacent to an activating group) is 1. The van der Waals surface area contributed by atoms with E-state index < -0.39 is 0 Å². The molecule has 3 heterocycles. The van der Waals surface area contributed by atoms with Crippen LogP contribution in [0.4, 0.5) is 5.00 Å². The first-order chi connectivity index (χ1) is 13.5. The van der Waals surface area contributed by atoms with E-state index in [0.29, 0.717) is 17.1 Å². The summed E-state index contributed by atoms with van der Waals surface area (Å²) in [4.78, 5) is 14.8. The van der Waals surface area contributed by atoms with E-state index in [9.17, 15) is 4.79 Å². The van der Waals surface area contributed by atoms with Crippen LogP contribution in [0.5, 0.6) is 17.2 Å². The number of anilines is 1. The molecule has 0 fully saturated rings. The molecule has 2 aliphatic rings. The average Bonchev–Trinajstić information content (AvgIpc) is 3.26. The number of nitrogens with one attached hydrogen (secondary N) is 2. The van der Waals surface area contributed by atoms with Gasteiger partial charge >= 0.3 is 5.97 Å². The number of ether oxygens (including phenoxy) is 4. The lowest BCUT2D eigenvalue weighted by Gasteiger charge is -2.33. The first-order valence-electron chi connectivity index (χ1n) is 9.22. The van der Waals surface area contributed by atoms with Gasteiger partial charge in [-0.25, -0.2) is 4.79 Å². The maximum absolute atomic E-state index is 12.4. The van der Waals surface area contributed by atoms with Gasteiger partial charge in [0, 0.05) is 11.3 Å². The van der Waals surface area contributed by atoms with Crippen molar-refractivity contribution in [1.29, 1.82) is 0 Å². The van der Waals surface area contributed by atoms with E-state index in [1.165, 1.54) is 17.6 Å². The van der Waals surface area contributed by atoms with Gasteiger partial charge in [-0.3, -0.25) is 0 Å². The van der Waals surface area contributed by atoms with Crippen LogP contribution in [0.2, 0.25) is 0 Å². The van der Waals surface area contributed by atoms with Crippen molar-refractivity contribution in [3.05, 3.63) is 33.2 Å². The summed E-state index contributed by atoms with van der Waals surface area (Å²) in [5, 5.41) is 4.42. The van der Waals surface area contributed by atoms with Crippen LogP contribution in [0.3, 0.4) is 0 Å². The highest BCUT2D eigenvalue weighted by Crippen LogP contribution is 2.48. The number of thiophene rings is 1. The van der Waals surface area contributed by atoms with Crippen molar-refractivity contribution in [3.8, 4) is 17.2 Å². The van der Waals surface area contributed by atoms with Crippen molar-refractivity contribution in [2.24, 2.45) is 0 Å². The summed E-state index contributed by atoms with van der Waals surface area (Å²) < 4.78 is 22.0. The molecule has 4 rings (SSSR count). The molecule has 2 aromatic rings. The first kappa shape index (κ1) is 18.9. The quantitative estimate of drug-likeness (QED) is 0.759. The smallest absolute Gasteiger partial charge is 0.341 e. The highest BCUT2D eigenvalue weighted by Gasteiger charge is 2.37. The number of esters is 1. The molecular formula is C20H25N2O5S+. The Morgan fingerprint density at radius 2 is 2.11 bits per heavy atom. The molecule has 0 amide bonds. The van der Waals surface area contributed by atoms with Crippen LogP contribution in [-0.4, -0.2) is 40.6 Å². The van der Waals surface area contributed by atoms with Crippen LogP contribution < -0.4 is 24.4 Å². The third-order valence-corrected chi connectivity index (χ3v) is 6.71. The number of hydrogen-bond acceptors (Lipinski definition) is 7. The molecule has 2 atom stereocenters. The number of methoxy groups -OCH3 is 2. The van der Waals surface area contributed by atoms with Crippen LogP contribution in [0.15, 0.2) is 6.07 Å². The number of hydrogen-bond donors (Lipinski definition) is 2. The van der Waals surface area contributed by atoms with Crippen LogP contribution >= 0.6 is 11.3 Å². The van der Waals surface area contributed by atoms with Crippen molar-refractivity contribution in [2.45, 2.75) is 26.4 Å². The summed E-state index contributed by atoms with van der Waals surface area (Å²) in [5.74, 6) is 1.75. The third kappa shape index (κ3) is 2.87. The Bertz CT molecular complexity index is 939. The number of fused-ring (bicyclic) bond motifs is 2. The fourth-order valence-corrected chi connectivity index (χ4v) is 5.01. The predicted octanol–water partition coefficient (Wildman–Crippen LogP) is 2.07. The van der Waals surface area contributed by atoms with Gasteiger partial charge in [-0.15, -0.1) is 11.3 Å². The summed E-state index contributed by atoms with van der Waals surface area (Å²) in [5.41, 5.74) is 3.78. The topological polar surface area (TPSA) is 70.5 Å². The molecule has 0 aliphatic carbocycles. The summed E-state index contributed by atoms with van der Waals surface area (Å²) in [6.45, 7) is 5.12. The second-order valence-corrected chi connectivity index (χ2v) is 8.34. The molecule has 0 spiro atoms. The summed E-state index contributed by atoms with van der Waals surface area (Å²) in [6, 6.07) is 2.05. The van der Waals surface area contributed by atoms with Gasteiger partial charge in [0.05, 0.1) is 38.9 Å². The third-order valence-electron chi connectivity index (χ3n) is 5.57. The molecule has 28 heavy (non-hydrogen) atoms. The van der Waals surface area contributed by atoms with E-state index in [1.807, 2.05) is 19.9 Å². The molecule has 150 valence electrons. The number of quaternary nitrogens is 1. The van der Waals surface area contributed by atoms with Crippen LogP contribution in [0.1, 0.15) is 38.1 Å². The van der Waals surface area contributed by atoms with E-state index in [2.05, 4.69) is 12.4 Å². The minimum Gasteiger partial charge on any atom is -0.492 e. The maximum atomic E-state index is 12.4. The highest BCUT2D eigenvalue weighted by atomic mass is 32.1.